The van der Waals surface area contributed by atoms with Crippen LogP contribution in [-0.4, -0.2) is 48.6 Å². The van der Waals surface area contributed by atoms with Crippen molar-refractivity contribution in [2.75, 3.05) is 32.7 Å². The van der Waals surface area contributed by atoms with Crippen molar-refractivity contribution in [2.24, 2.45) is 5.73 Å². The fraction of sp³-hybridized carbons (Fsp3) is 0.714. The molecule has 0 aromatic carbocycles. The van der Waals surface area contributed by atoms with Gasteiger partial charge in [-0.05, 0) is 32.5 Å². The van der Waals surface area contributed by atoms with Crippen LogP contribution in [0.5, 0.6) is 0 Å². The second-order valence-corrected chi connectivity index (χ2v) is 6.49. The van der Waals surface area contributed by atoms with Gasteiger partial charge in [0.25, 0.3) is 0 Å². The normalized spacial score (nSPS) is 24.3. The summed E-state index contributed by atoms with van der Waals surface area (Å²) < 4.78 is 0. The van der Waals surface area contributed by atoms with Crippen molar-refractivity contribution < 1.29 is 0 Å². The van der Waals surface area contributed by atoms with Crippen LogP contribution >= 0.6 is 11.3 Å². The van der Waals surface area contributed by atoms with Gasteiger partial charge in [0.15, 0.2) is 0 Å². The molecule has 2 heterocycles. The number of likely N-dealkylation sites (N-methyl/N-ethyl adjacent to an activating group) is 1. The number of piperazine rings is 1. The van der Waals surface area contributed by atoms with Crippen molar-refractivity contribution in [3.05, 3.63) is 21.9 Å². The predicted octanol–water partition coefficient (Wildman–Crippen LogP) is 2.08. The lowest BCUT2D eigenvalue weighted by atomic mass is 10.1. The number of nitrogens with zero attached hydrogens (tertiary/aromatic N) is 2. The van der Waals surface area contributed by atoms with E-state index in [4.69, 9.17) is 5.73 Å². The Bertz CT molecular complexity index is 377. The molecule has 2 N–H and O–H groups in total. The molecule has 102 valence electrons. The molecule has 0 bridgehead atoms. The van der Waals surface area contributed by atoms with E-state index >= 15 is 0 Å². The Kier molecular flexibility index (Phi) is 4.78. The molecule has 18 heavy (non-hydrogen) atoms. The largest absolute Gasteiger partial charge is 0.329 e. The number of thiophene rings is 1. The number of nitrogens with two attached hydrogens (primary N) is 1. The number of hydrogen-bond donors (Lipinski definition) is 1. The molecule has 2 unspecified atom stereocenters. The van der Waals surface area contributed by atoms with Crippen LogP contribution in [0.4, 0.5) is 0 Å². The van der Waals surface area contributed by atoms with Gasteiger partial charge in [-0.25, -0.2) is 0 Å². The zero-order chi connectivity index (χ0) is 13.1. The lowest BCUT2D eigenvalue weighted by molar-refractivity contribution is 0.0616. The molecule has 1 aromatic heterocycles. The van der Waals surface area contributed by atoms with E-state index in [2.05, 4.69) is 42.7 Å². The van der Waals surface area contributed by atoms with Crippen LogP contribution in [0, 0.1) is 6.92 Å². The lowest BCUT2D eigenvalue weighted by Crippen LogP contribution is -2.53. The second-order valence-electron chi connectivity index (χ2n) is 5.17. The van der Waals surface area contributed by atoms with Crippen LogP contribution in [-0.2, 0) is 0 Å². The van der Waals surface area contributed by atoms with Gasteiger partial charge in [-0.3, -0.25) is 9.80 Å². The lowest BCUT2D eigenvalue weighted by Gasteiger charge is -2.42. The molecular weight excluding hydrogens is 242 g/mol. The molecule has 1 aromatic rings. The molecule has 1 aliphatic heterocycles. The minimum atomic E-state index is 0.408. The molecule has 4 heteroatoms. The zero-order valence-corrected chi connectivity index (χ0v) is 12.5. The van der Waals surface area contributed by atoms with Crippen molar-refractivity contribution in [3.8, 4) is 0 Å². The quantitative estimate of drug-likeness (QED) is 0.906. The minimum absolute atomic E-state index is 0.408. The summed E-state index contributed by atoms with van der Waals surface area (Å²) in [5.74, 6) is 0. The van der Waals surface area contributed by atoms with E-state index in [0.29, 0.717) is 12.1 Å². The Hall–Kier alpha value is -0.420. The van der Waals surface area contributed by atoms with Crippen LogP contribution in [0.1, 0.15) is 29.6 Å². The molecule has 0 amide bonds. The maximum absolute atomic E-state index is 6.01. The molecule has 0 spiro atoms. The van der Waals surface area contributed by atoms with E-state index in [1.807, 2.05) is 11.3 Å². The first-order valence-electron chi connectivity index (χ1n) is 6.90. The maximum atomic E-state index is 6.01. The topological polar surface area (TPSA) is 32.5 Å². The van der Waals surface area contributed by atoms with Gasteiger partial charge in [-0.1, -0.05) is 6.92 Å². The van der Waals surface area contributed by atoms with Gasteiger partial charge in [-0.2, -0.15) is 0 Å². The number of hydrogen-bond acceptors (Lipinski definition) is 4. The molecule has 1 fully saturated rings. The Morgan fingerprint density at radius 1 is 1.44 bits per heavy atom. The van der Waals surface area contributed by atoms with Crippen molar-refractivity contribution in [1.29, 1.82) is 0 Å². The predicted molar refractivity (Wildman–Crippen MR) is 79.1 cm³/mol. The van der Waals surface area contributed by atoms with Crippen molar-refractivity contribution in [2.45, 2.75) is 32.9 Å². The maximum Gasteiger partial charge on any atom is 0.0565 e. The third kappa shape index (κ3) is 2.94. The highest BCUT2D eigenvalue weighted by molar-refractivity contribution is 7.12. The SMILES string of the molecule is CCN1CCN(C(CN)c2ccc(C)s2)CC1C. The average molecular weight is 267 g/mol. The molecule has 0 saturated carbocycles. The first-order valence-corrected chi connectivity index (χ1v) is 7.71. The van der Waals surface area contributed by atoms with Crippen LogP contribution in [0.2, 0.25) is 0 Å². The smallest absolute Gasteiger partial charge is 0.0565 e. The van der Waals surface area contributed by atoms with Gasteiger partial charge in [0.1, 0.15) is 0 Å². The van der Waals surface area contributed by atoms with Crippen LogP contribution < -0.4 is 5.73 Å². The van der Waals surface area contributed by atoms with E-state index in [1.54, 1.807) is 0 Å². The highest BCUT2D eigenvalue weighted by atomic mass is 32.1. The van der Waals surface area contributed by atoms with Gasteiger partial charge >= 0.3 is 0 Å². The molecule has 3 nitrogen and oxygen atoms in total. The summed E-state index contributed by atoms with van der Waals surface area (Å²) in [5, 5.41) is 0. The fourth-order valence-electron chi connectivity index (χ4n) is 2.85. The zero-order valence-electron chi connectivity index (χ0n) is 11.7. The summed E-state index contributed by atoms with van der Waals surface area (Å²) in [5.41, 5.74) is 6.01. The van der Waals surface area contributed by atoms with Crippen LogP contribution in [0.3, 0.4) is 0 Å². The average Bonchev–Trinajstić information content (AvgIpc) is 2.77. The number of rotatable bonds is 4. The highest BCUT2D eigenvalue weighted by Crippen LogP contribution is 2.28. The van der Waals surface area contributed by atoms with Crippen molar-refractivity contribution in [1.82, 2.24) is 9.80 Å². The Balaban J connectivity index is 2.06. The third-order valence-corrected chi connectivity index (χ3v) is 5.06. The molecule has 0 aliphatic carbocycles. The summed E-state index contributed by atoms with van der Waals surface area (Å²) >= 11 is 1.89. The second kappa shape index (κ2) is 6.15. The van der Waals surface area contributed by atoms with E-state index in [9.17, 15) is 0 Å². The fourth-order valence-corrected chi connectivity index (χ4v) is 3.88. The van der Waals surface area contributed by atoms with Gasteiger partial charge in [0.2, 0.25) is 0 Å². The first kappa shape index (κ1) is 14.0. The third-order valence-electron chi connectivity index (χ3n) is 3.96. The van der Waals surface area contributed by atoms with Crippen LogP contribution in [0.25, 0.3) is 0 Å². The Labute approximate surface area is 115 Å². The van der Waals surface area contributed by atoms with E-state index in [0.717, 1.165) is 26.2 Å². The van der Waals surface area contributed by atoms with Gasteiger partial charge in [-0.15, -0.1) is 11.3 Å². The molecule has 2 rings (SSSR count). The first-order chi connectivity index (χ1) is 8.65. The molecule has 1 saturated heterocycles. The van der Waals surface area contributed by atoms with Crippen molar-refractivity contribution >= 4 is 11.3 Å². The van der Waals surface area contributed by atoms with Gasteiger partial charge in [0, 0.05) is 42.0 Å². The molecular formula is C14H25N3S. The van der Waals surface area contributed by atoms with Gasteiger partial charge < -0.3 is 5.73 Å². The standard InChI is InChI=1S/C14H25N3S/c1-4-16-7-8-17(10-11(16)2)13(9-15)14-6-5-12(3)18-14/h5-6,11,13H,4,7-10,15H2,1-3H3. The summed E-state index contributed by atoms with van der Waals surface area (Å²) in [6, 6.07) is 5.49. The molecule has 0 radical (unpaired) electrons. The Morgan fingerprint density at radius 3 is 2.72 bits per heavy atom. The van der Waals surface area contributed by atoms with Crippen molar-refractivity contribution in [3.63, 3.8) is 0 Å². The molecule has 1 aliphatic rings. The van der Waals surface area contributed by atoms with Gasteiger partial charge in [0.05, 0.1) is 6.04 Å². The summed E-state index contributed by atoms with van der Waals surface area (Å²) in [6.45, 7) is 12.0. The highest BCUT2D eigenvalue weighted by Gasteiger charge is 2.28. The van der Waals surface area contributed by atoms with E-state index in [-0.39, 0.29) is 0 Å². The van der Waals surface area contributed by atoms with Crippen LogP contribution in [0.15, 0.2) is 12.1 Å². The minimum Gasteiger partial charge on any atom is -0.329 e. The summed E-state index contributed by atoms with van der Waals surface area (Å²) in [4.78, 5) is 7.90. The summed E-state index contributed by atoms with van der Waals surface area (Å²) in [7, 11) is 0. The Morgan fingerprint density at radius 2 is 2.22 bits per heavy atom. The summed E-state index contributed by atoms with van der Waals surface area (Å²) in [6.07, 6.45) is 0. The van der Waals surface area contributed by atoms with E-state index in [1.165, 1.54) is 16.3 Å². The monoisotopic (exact) mass is 267 g/mol. The number of aryl methyl sites for hydroxylation is 1. The molecule has 2 atom stereocenters. The van der Waals surface area contributed by atoms with E-state index < -0.39 is 0 Å².